The second kappa shape index (κ2) is 7.26. The summed E-state index contributed by atoms with van der Waals surface area (Å²) in [6.45, 7) is 1.44. The zero-order valence-corrected chi connectivity index (χ0v) is 14.6. The molecular weight excluding hydrogens is 351 g/mol. The number of halogens is 1. The second-order valence-electron chi connectivity index (χ2n) is 6.64. The van der Waals surface area contributed by atoms with Gasteiger partial charge in [0, 0.05) is 25.2 Å². The van der Waals surface area contributed by atoms with Gasteiger partial charge in [-0.05, 0) is 42.3 Å². The van der Waals surface area contributed by atoms with Crippen LogP contribution in [0.1, 0.15) is 15.9 Å². The van der Waals surface area contributed by atoms with Crippen molar-refractivity contribution in [3.05, 3.63) is 59.4 Å². The number of hydrogen-bond acceptors (Lipinski definition) is 4. The number of nitrogens with one attached hydrogen (secondary N) is 1. The Morgan fingerprint density at radius 2 is 1.81 bits per heavy atom. The molecular formula is C20H19FN2O4. The molecule has 6 nitrogen and oxygen atoms in total. The van der Waals surface area contributed by atoms with Gasteiger partial charge in [0.15, 0.2) is 11.5 Å². The normalized spacial score (nSPS) is 15.4. The number of rotatable bonds is 5. The number of carbonyl (C=O) groups is 2. The van der Waals surface area contributed by atoms with E-state index in [2.05, 4.69) is 5.32 Å². The molecule has 2 amide bonds. The highest BCUT2D eigenvalue weighted by molar-refractivity contribution is 5.96. The van der Waals surface area contributed by atoms with Crippen LogP contribution in [-0.2, 0) is 11.2 Å². The van der Waals surface area contributed by atoms with E-state index < -0.39 is 0 Å². The lowest BCUT2D eigenvalue weighted by atomic mass is 9.97. The Morgan fingerprint density at radius 3 is 2.59 bits per heavy atom. The molecule has 2 aromatic carbocycles. The Morgan fingerprint density at radius 1 is 1.07 bits per heavy atom. The lowest BCUT2D eigenvalue weighted by molar-refractivity contribution is -0.128. The average molecular weight is 370 g/mol. The summed E-state index contributed by atoms with van der Waals surface area (Å²) in [5, 5.41) is 2.87. The zero-order valence-electron chi connectivity index (χ0n) is 14.6. The van der Waals surface area contributed by atoms with Gasteiger partial charge >= 0.3 is 0 Å². The van der Waals surface area contributed by atoms with Crippen LogP contribution >= 0.6 is 0 Å². The minimum Gasteiger partial charge on any atom is -0.454 e. The fourth-order valence-electron chi connectivity index (χ4n) is 3.15. The van der Waals surface area contributed by atoms with Crippen molar-refractivity contribution in [2.75, 3.05) is 26.4 Å². The highest BCUT2D eigenvalue weighted by Gasteiger charge is 2.36. The number of ether oxygens (including phenoxy) is 2. The number of benzene rings is 2. The number of likely N-dealkylation sites (tertiary alicyclic amines) is 1. The fourth-order valence-corrected chi connectivity index (χ4v) is 3.15. The third kappa shape index (κ3) is 3.72. The number of hydrogen-bond donors (Lipinski definition) is 1. The van der Waals surface area contributed by atoms with Crippen molar-refractivity contribution in [2.45, 2.75) is 6.42 Å². The summed E-state index contributed by atoms with van der Waals surface area (Å²) in [6.07, 6.45) is 0.637. The third-order valence-corrected chi connectivity index (χ3v) is 4.79. The van der Waals surface area contributed by atoms with Gasteiger partial charge in [0.05, 0.1) is 5.92 Å². The summed E-state index contributed by atoms with van der Waals surface area (Å²) >= 11 is 0. The molecule has 2 aliphatic heterocycles. The van der Waals surface area contributed by atoms with Crippen molar-refractivity contribution in [3.8, 4) is 11.5 Å². The maximum absolute atomic E-state index is 12.9. The Kier molecular flexibility index (Phi) is 4.66. The molecule has 0 spiro atoms. The monoisotopic (exact) mass is 370 g/mol. The van der Waals surface area contributed by atoms with Crippen molar-refractivity contribution in [2.24, 2.45) is 5.92 Å². The molecule has 2 aromatic rings. The first-order chi connectivity index (χ1) is 13.1. The highest BCUT2D eigenvalue weighted by Crippen LogP contribution is 2.33. The van der Waals surface area contributed by atoms with Crippen molar-refractivity contribution in [3.63, 3.8) is 0 Å². The van der Waals surface area contributed by atoms with Gasteiger partial charge in [-0.3, -0.25) is 9.59 Å². The Balaban J connectivity index is 1.23. The van der Waals surface area contributed by atoms with Crippen LogP contribution in [0.25, 0.3) is 0 Å². The van der Waals surface area contributed by atoms with E-state index in [0.717, 1.165) is 5.56 Å². The third-order valence-electron chi connectivity index (χ3n) is 4.79. The topological polar surface area (TPSA) is 67.9 Å². The molecule has 2 heterocycles. The summed E-state index contributed by atoms with van der Waals surface area (Å²) in [5.74, 6) is 0.543. The van der Waals surface area contributed by atoms with Crippen LogP contribution in [0.5, 0.6) is 11.5 Å². The summed E-state index contributed by atoms with van der Waals surface area (Å²) < 4.78 is 23.4. The number of nitrogens with zero attached hydrogens (tertiary/aromatic N) is 1. The molecule has 7 heteroatoms. The molecule has 0 radical (unpaired) electrons. The molecule has 140 valence electrons. The van der Waals surface area contributed by atoms with E-state index in [1.54, 1.807) is 35.2 Å². The highest BCUT2D eigenvalue weighted by atomic mass is 19.1. The summed E-state index contributed by atoms with van der Waals surface area (Å²) in [4.78, 5) is 26.3. The number of carbonyl (C=O) groups excluding carboxylic acids is 2. The van der Waals surface area contributed by atoms with Crippen LogP contribution in [0, 0.1) is 11.7 Å². The predicted molar refractivity (Wildman–Crippen MR) is 95.1 cm³/mol. The van der Waals surface area contributed by atoms with E-state index >= 15 is 0 Å². The maximum atomic E-state index is 12.9. The van der Waals surface area contributed by atoms with Crippen LogP contribution in [0.3, 0.4) is 0 Å². The molecule has 27 heavy (non-hydrogen) atoms. The zero-order chi connectivity index (χ0) is 18.8. The molecule has 1 N–H and O–H groups in total. The summed E-state index contributed by atoms with van der Waals surface area (Å²) in [6, 6.07) is 11.3. The molecule has 0 aliphatic carbocycles. The lowest BCUT2D eigenvalue weighted by Crippen LogP contribution is -2.55. The SMILES string of the molecule is O=C(NCCc1ccc(F)cc1)C1CN(C(=O)c2ccc3c(c2)OCO3)C1. The number of fused-ring (bicyclic) bond motifs is 1. The van der Waals surface area contributed by atoms with Gasteiger partial charge in [-0.1, -0.05) is 12.1 Å². The molecule has 1 saturated heterocycles. The van der Waals surface area contributed by atoms with Gasteiger partial charge in [-0.25, -0.2) is 4.39 Å². The second-order valence-corrected chi connectivity index (χ2v) is 6.64. The lowest BCUT2D eigenvalue weighted by Gasteiger charge is -2.38. The standard InChI is InChI=1S/C20H19FN2O4/c21-16-4-1-13(2-5-16)7-8-22-19(24)15-10-23(11-15)20(25)14-3-6-17-18(9-14)27-12-26-17/h1-6,9,15H,7-8,10-12H2,(H,22,24). The van der Waals surface area contributed by atoms with Crippen LogP contribution in [0.2, 0.25) is 0 Å². The van der Waals surface area contributed by atoms with Gasteiger partial charge in [0.25, 0.3) is 5.91 Å². The molecule has 0 aromatic heterocycles. The fraction of sp³-hybridized carbons (Fsp3) is 0.300. The van der Waals surface area contributed by atoms with Crippen LogP contribution < -0.4 is 14.8 Å². The van der Waals surface area contributed by atoms with Gasteiger partial charge in [-0.15, -0.1) is 0 Å². The van der Waals surface area contributed by atoms with Gasteiger partial charge in [-0.2, -0.15) is 0 Å². The van der Waals surface area contributed by atoms with E-state index in [1.165, 1.54) is 12.1 Å². The Bertz CT molecular complexity index is 863. The molecule has 0 saturated carbocycles. The van der Waals surface area contributed by atoms with Crippen molar-refractivity contribution in [1.29, 1.82) is 0 Å². The minimum absolute atomic E-state index is 0.0631. The molecule has 0 bridgehead atoms. The first-order valence-corrected chi connectivity index (χ1v) is 8.81. The van der Waals surface area contributed by atoms with Gasteiger partial charge in [0.1, 0.15) is 5.82 Å². The van der Waals surface area contributed by atoms with Crippen LogP contribution in [0.4, 0.5) is 4.39 Å². The van der Waals surface area contributed by atoms with E-state index in [0.29, 0.717) is 43.1 Å². The van der Waals surface area contributed by atoms with E-state index in [9.17, 15) is 14.0 Å². The quantitative estimate of drug-likeness (QED) is 0.874. The molecule has 0 unspecified atom stereocenters. The largest absolute Gasteiger partial charge is 0.454 e. The van der Waals surface area contributed by atoms with Crippen LogP contribution in [-0.4, -0.2) is 43.1 Å². The van der Waals surface area contributed by atoms with E-state index in [1.807, 2.05) is 0 Å². The average Bonchev–Trinajstić information content (AvgIpc) is 3.09. The van der Waals surface area contributed by atoms with Crippen LogP contribution in [0.15, 0.2) is 42.5 Å². The summed E-state index contributed by atoms with van der Waals surface area (Å²) in [5.41, 5.74) is 1.49. The molecule has 0 atom stereocenters. The summed E-state index contributed by atoms with van der Waals surface area (Å²) in [7, 11) is 0. The molecule has 2 aliphatic rings. The van der Waals surface area contributed by atoms with Gasteiger partial charge in [0.2, 0.25) is 12.7 Å². The van der Waals surface area contributed by atoms with E-state index in [4.69, 9.17) is 9.47 Å². The van der Waals surface area contributed by atoms with Crippen molar-refractivity contribution < 1.29 is 23.5 Å². The number of amides is 2. The first kappa shape index (κ1) is 17.3. The molecule has 1 fully saturated rings. The molecule has 4 rings (SSSR count). The Hall–Kier alpha value is -3.09. The smallest absolute Gasteiger partial charge is 0.254 e. The Labute approximate surface area is 155 Å². The predicted octanol–water partition coefficient (Wildman–Crippen LogP) is 1.99. The van der Waals surface area contributed by atoms with E-state index in [-0.39, 0.29) is 30.3 Å². The van der Waals surface area contributed by atoms with Crippen molar-refractivity contribution >= 4 is 11.8 Å². The first-order valence-electron chi connectivity index (χ1n) is 8.81. The van der Waals surface area contributed by atoms with Crippen molar-refractivity contribution in [1.82, 2.24) is 10.2 Å². The maximum Gasteiger partial charge on any atom is 0.254 e. The minimum atomic E-state index is -0.274. The van der Waals surface area contributed by atoms with Gasteiger partial charge < -0.3 is 19.7 Å².